The number of nitrogens with zero attached hydrogens (tertiary/aromatic N) is 1. The average molecular weight is 264 g/mol. The van der Waals surface area contributed by atoms with E-state index < -0.39 is 0 Å². The molecule has 1 aromatic heterocycles. The molecule has 0 atom stereocenters. The number of furan rings is 1. The molecule has 0 radical (unpaired) electrons. The number of hydrogen-bond acceptors (Lipinski definition) is 3. The fourth-order valence-corrected chi connectivity index (χ4v) is 2.88. The molecule has 1 saturated carbocycles. The molecule has 0 aromatic carbocycles. The van der Waals surface area contributed by atoms with E-state index in [2.05, 4.69) is 23.2 Å². The van der Waals surface area contributed by atoms with Crippen molar-refractivity contribution in [3.05, 3.63) is 24.2 Å². The lowest BCUT2D eigenvalue weighted by Crippen LogP contribution is -2.36. The van der Waals surface area contributed by atoms with Gasteiger partial charge in [-0.15, -0.1) is 0 Å². The Morgan fingerprint density at radius 1 is 1.26 bits per heavy atom. The summed E-state index contributed by atoms with van der Waals surface area (Å²) in [5.41, 5.74) is 0. The van der Waals surface area contributed by atoms with Gasteiger partial charge in [0.05, 0.1) is 12.8 Å². The van der Waals surface area contributed by atoms with E-state index in [-0.39, 0.29) is 0 Å². The van der Waals surface area contributed by atoms with Gasteiger partial charge in [0, 0.05) is 19.1 Å². The summed E-state index contributed by atoms with van der Waals surface area (Å²) in [6.45, 7) is 6.42. The van der Waals surface area contributed by atoms with E-state index in [0.29, 0.717) is 0 Å². The zero-order chi connectivity index (χ0) is 13.3. The fourth-order valence-electron chi connectivity index (χ4n) is 2.88. The normalized spacial score (nSPS) is 17.8. The minimum absolute atomic E-state index is 0.754. The molecule has 1 N–H and O–H groups in total. The third kappa shape index (κ3) is 5.37. The van der Waals surface area contributed by atoms with E-state index in [4.69, 9.17) is 4.42 Å². The summed E-state index contributed by atoms with van der Waals surface area (Å²) >= 11 is 0. The van der Waals surface area contributed by atoms with Gasteiger partial charge in [-0.2, -0.15) is 0 Å². The molecule has 0 bridgehead atoms. The molecular formula is C16H28N2O. The molecule has 108 valence electrons. The first-order valence-electron chi connectivity index (χ1n) is 7.86. The first-order chi connectivity index (χ1) is 9.38. The SMILES string of the molecule is CCN(CCNC1CCCCCC1)Cc1ccco1. The summed E-state index contributed by atoms with van der Waals surface area (Å²) in [5, 5.41) is 3.73. The molecule has 3 heteroatoms. The monoisotopic (exact) mass is 264 g/mol. The molecule has 0 amide bonds. The highest BCUT2D eigenvalue weighted by Crippen LogP contribution is 2.17. The van der Waals surface area contributed by atoms with Crippen molar-refractivity contribution >= 4 is 0 Å². The Kier molecular flexibility index (Phi) is 6.45. The van der Waals surface area contributed by atoms with Crippen LogP contribution in [0.1, 0.15) is 51.2 Å². The molecule has 1 aromatic rings. The van der Waals surface area contributed by atoms with Crippen molar-refractivity contribution in [3.63, 3.8) is 0 Å². The van der Waals surface area contributed by atoms with Gasteiger partial charge in [0.25, 0.3) is 0 Å². The Morgan fingerprint density at radius 3 is 2.68 bits per heavy atom. The average Bonchev–Trinajstić information content (AvgIpc) is 2.80. The highest BCUT2D eigenvalue weighted by molar-refractivity contribution is 4.97. The lowest BCUT2D eigenvalue weighted by molar-refractivity contribution is 0.250. The van der Waals surface area contributed by atoms with Crippen molar-refractivity contribution in [2.24, 2.45) is 0 Å². The third-order valence-corrected chi connectivity index (χ3v) is 4.12. The van der Waals surface area contributed by atoms with Crippen LogP contribution in [0.4, 0.5) is 0 Å². The second-order valence-corrected chi connectivity index (χ2v) is 5.59. The largest absolute Gasteiger partial charge is 0.468 e. The molecular weight excluding hydrogens is 236 g/mol. The summed E-state index contributed by atoms with van der Waals surface area (Å²) in [6.07, 6.45) is 10.2. The predicted octanol–water partition coefficient (Wildman–Crippen LogP) is 3.41. The Labute approximate surface area is 117 Å². The van der Waals surface area contributed by atoms with Crippen LogP contribution in [-0.4, -0.2) is 30.6 Å². The van der Waals surface area contributed by atoms with Gasteiger partial charge in [-0.05, 0) is 31.5 Å². The maximum atomic E-state index is 5.42. The van der Waals surface area contributed by atoms with Crippen LogP contribution in [0.5, 0.6) is 0 Å². The van der Waals surface area contributed by atoms with Crippen LogP contribution >= 0.6 is 0 Å². The zero-order valence-corrected chi connectivity index (χ0v) is 12.2. The molecule has 19 heavy (non-hydrogen) atoms. The number of nitrogens with one attached hydrogen (secondary N) is 1. The lowest BCUT2D eigenvalue weighted by atomic mass is 10.1. The molecule has 0 aliphatic heterocycles. The van der Waals surface area contributed by atoms with Crippen molar-refractivity contribution in [2.75, 3.05) is 19.6 Å². The third-order valence-electron chi connectivity index (χ3n) is 4.12. The number of hydrogen-bond donors (Lipinski definition) is 1. The van der Waals surface area contributed by atoms with Gasteiger partial charge in [-0.25, -0.2) is 0 Å². The smallest absolute Gasteiger partial charge is 0.117 e. The molecule has 3 nitrogen and oxygen atoms in total. The summed E-state index contributed by atoms with van der Waals surface area (Å²) in [5.74, 6) is 1.07. The van der Waals surface area contributed by atoms with Gasteiger partial charge in [0.1, 0.15) is 5.76 Å². The highest BCUT2D eigenvalue weighted by atomic mass is 16.3. The van der Waals surface area contributed by atoms with Crippen molar-refractivity contribution in [3.8, 4) is 0 Å². The van der Waals surface area contributed by atoms with Gasteiger partial charge in [-0.1, -0.05) is 32.6 Å². The minimum Gasteiger partial charge on any atom is -0.468 e. The first kappa shape index (κ1) is 14.6. The van der Waals surface area contributed by atoms with E-state index in [0.717, 1.165) is 38.0 Å². The number of likely N-dealkylation sites (N-methyl/N-ethyl adjacent to an activating group) is 1. The topological polar surface area (TPSA) is 28.4 Å². The molecule has 1 fully saturated rings. The van der Waals surface area contributed by atoms with Gasteiger partial charge >= 0.3 is 0 Å². The van der Waals surface area contributed by atoms with E-state index in [1.165, 1.54) is 38.5 Å². The quantitative estimate of drug-likeness (QED) is 0.765. The van der Waals surface area contributed by atoms with Crippen molar-refractivity contribution in [2.45, 2.75) is 58.0 Å². The van der Waals surface area contributed by atoms with E-state index in [9.17, 15) is 0 Å². The van der Waals surface area contributed by atoms with Gasteiger partial charge in [0.15, 0.2) is 0 Å². The minimum atomic E-state index is 0.754. The fraction of sp³-hybridized carbons (Fsp3) is 0.750. The van der Waals surface area contributed by atoms with Crippen LogP contribution < -0.4 is 5.32 Å². The molecule has 0 spiro atoms. The Balaban J connectivity index is 1.65. The molecule has 2 rings (SSSR count). The van der Waals surface area contributed by atoms with Crippen molar-refractivity contribution < 1.29 is 4.42 Å². The second-order valence-electron chi connectivity index (χ2n) is 5.59. The summed E-state index contributed by atoms with van der Waals surface area (Å²) in [6, 6.07) is 4.78. The molecule has 0 unspecified atom stereocenters. The Hall–Kier alpha value is -0.800. The molecule has 1 heterocycles. The van der Waals surface area contributed by atoms with Crippen molar-refractivity contribution in [1.29, 1.82) is 0 Å². The molecule has 1 aliphatic rings. The maximum Gasteiger partial charge on any atom is 0.117 e. The van der Waals surface area contributed by atoms with Gasteiger partial charge in [0.2, 0.25) is 0 Å². The standard InChI is InChI=1S/C16H28N2O/c1-2-18(14-16-10-7-13-19-16)12-11-17-15-8-5-3-4-6-9-15/h7,10,13,15,17H,2-6,8-9,11-12,14H2,1H3. The summed E-state index contributed by atoms with van der Waals surface area (Å²) < 4.78 is 5.42. The Morgan fingerprint density at radius 2 is 2.05 bits per heavy atom. The summed E-state index contributed by atoms with van der Waals surface area (Å²) in [7, 11) is 0. The van der Waals surface area contributed by atoms with Gasteiger partial charge in [-0.3, -0.25) is 4.90 Å². The van der Waals surface area contributed by atoms with Crippen LogP contribution in [0.15, 0.2) is 22.8 Å². The highest BCUT2D eigenvalue weighted by Gasteiger charge is 2.12. The molecule has 0 saturated heterocycles. The van der Waals surface area contributed by atoms with Crippen LogP contribution in [0.2, 0.25) is 0 Å². The van der Waals surface area contributed by atoms with E-state index in [1.54, 1.807) is 6.26 Å². The lowest BCUT2D eigenvalue weighted by Gasteiger charge is -2.22. The first-order valence-corrected chi connectivity index (χ1v) is 7.86. The summed E-state index contributed by atoms with van der Waals surface area (Å²) in [4.78, 5) is 2.43. The van der Waals surface area contributed by atoms with Crippen LogP contribution in [0, 0.1) is 0 Å². The van der Waals surface area contributed by atoms with Crippen LogP contribution in [0.3, 0.4) is 0 Å². The molecule has 1 aliphatic carbocycles. The number of rotatable bonds is 7. The van der Waals surface area contributed by atoms with Crippen molar-refractivity contribution in [1.82, 2.24) is 10.2 Å². The van der Waals surface area contributed by atoms with Crippen LogP contribution in [-0.2, 0) is 6.54 Å². The van der Waals surface area contributed by atoms with Crippen LogP contribution in [0.25, 0.3) is 0 Å². The zero-order valence-electron chi connectivity index (χ0n) is 12.2. The Bertz CT molecular complexity index is 315. The predicted molar refractivity (Wildman–Crippen MR) is 79.2 cm³/mol. The second kappa shape index (κ2) is 8.39. The van der Waals surface area contributed by atoms with Gasteiger partial charge < -0.3 is 9.73 Å². The maximum absolute atomic E-state index is 5.42. The van der Waals surface area contributed by atoms with E-state index in [1.807, 2.05) is 6.07 Å². The van der Waals surface area contributed by atoms with E-state index >= 15 is 0 Å².